The average Bonchev–Trinajstić information content (AvgIpc) is 2.26. The number of rotatable bonds is 3. The van der Waals surface area contributed by atoms with E-state index in [2.05, 4.69) is 16.9 Å². The zero-order chi connectivity index (χ0) is 10.4. The summed E-state index contributed by atoms with van der Waals surface area (Å²) in [5.74, 6) is -0.304. The lowest BCUT2D eigenvalue weighted by atomic mass is 10.3. The largest absolute Gasteiger partial charge is 0.347 e. The van der Waals surface area contributed by atoms with E-state index in [9.17, 15) is 4.79 Å². The molecule has 4 nitrogen and oxygen atoms in total. The van der Waals surface area contributed by atoms with E-state index >= 15 is 0 Å². The Morgan fingerprint density at radius 1 is 1.71 bits per heavy atom. The molecule has 14 heavy (non-hydrogen) atoms. The first-order valence-electron chi connectivity index (χ1n) is 4.04. The molecule has 0 saturated heterocycles. The molecule has 0 radical (unpaired) electrons. The van der Waals surface area contributed by atoms with Crippen LogP contribution in [-0.4, -0.2) is 17.4 Å². The summed E-state index contributed by atoms with van der Waals surface area (Å²) in [5.41, 5.74) is 0.474. The van der Waals surface area contributed by atoms with Gasteiger partial charge in [-0.3, -0.25) is 4.79 Å². The molecule has 0 atom stereocenters. The average molecular weight is 187 g/mol. The van der Waals surface area contributed by atoms with Crippen molar-refractivity contribution in [3.63, 3.8) is 0 Å². The molecule has 4 heteroatoms. The Bertz CT molecular complexity index is 393. The van der Waals surface area contributed by atoms with Crippen molar-refractivity contribution in [1.29, 1.82) is 5.26 Å². The van der Waals surface area contributed by atoms with Crippen LogP contribution in [0, 0.1) is 11.3 Å². The van der Waals surface area contributed by atoms with Crippen LogP contribution in [0.5, 0.6) is 0 Å². The molecule has 0 unspecified atom stereocenters. The van der Waals surface area contributed by atoms with E-state index < -0.39 is 0 Å². The number of nitriles is 1. The monoisotopic (exact) mass is 187 g/mol. The van der Waals surface area contributed by atoms with Crippen molar-refractivity contribution in [2.75, 3.05) is 6.54 Å². The maximum atomic E-state index is 11.3. The molecule has 0 aliphatic rings. The summed E-state index contributed by atoms with van der Waals surface area (Å²) >= 11 is 0. The third-order valence-electron chi connectivity index (χ3n) is 1.50. The van der Waals surface area contributed by atoms with Crippen molar-refractivity contribution >= 4 is 5.91 Å². The maximum absolute atomic E-state index is 11.3. The number of amides is 1. The van der Waals surface area contributed by atoms with Crippen LogP contribution in [-0.2, 0) is 0 Å². The highest BCUT2D eigenvalue weighted by Gasteiger charge is 2.05. The summed E-state index contributed by atoms with van der Waals surface area (Å²) in [4.78, 5) is 15.2. The van der Waals surface area contributed by atoms with Crippen LogP contribution in [0.3, 0.4) is 0 Å². The van der Waals surface area contributed by atoms with Crippen molar-refractivity contribution in [2.45, 2.75) is 0 Å². The third kappa shape index (κ3) is 2.42. The SMILES string of the molecule is C=CCNC(=O)c1cccc(C#N)n1. The van der Waals surface area contributed by atoms with Gasteiger partial charge < -0.3 is 5.32 Å². The number of nitrogens with zero attached hydrogens (tertiary/aromatic N) is 2. The standard InChI is InChI=1S/C10H9N3O/c1-2-6-12-10(14)9-5-3-4-8(7-11)13-9/h2-5H,1,6H2,(H,12,14). The van der Waals surface area contributed by atoms with E-state index in [1.165, 1.54) is 0 Å². The van der Waals surface area contributed by atoms with Gasteiger partial charge in [-0.25, -0.2) is 4.98 Å². The van der Waals surface area contributed by atoms with Gasteiger partial charge in [0.05, 0.1) is 0 Å². The van der Waals surface area contributed by atoms with Crippen LogP contribution in [0.15, 0.2) is 30.9 Å². The highest BCUT2D eigenvalue weighted by atomic mass is 16.1. The lowest BCUT2D eigenvalue weighted by molar-refractivity contribution is 0.0953. The Hall–Kier alpha value is -2.15. The van der Waals surface area contributed by atoms with E-state index in [0.29, 0.717) is 6.54 Å². The Balaban J connectivity index is 2.80. The van der Waals surface area contributed by atoms with Crippen LogP contribution in [0.4, 0.5) is 0 Å². The molecule has 0 spiro atoms. The molecule has 0 aliphatic heterocycles. The molecule has 1 amide bonds. The fourth-order valence-corrected chi connectivity index (χ4v) is 0.879. The second-order valence-corrected chi connectivity index (χ2v) is 2.52. The zero-order valence-corrected chi connectivity index (χ0v) is 7.53. The minimum Gasteiger partial charge on any atom is -0.347 e. The molecule has 70 valence electrons. The Morgan fingerprint density at radius 2 is 2.50 bits per heavy atom. The zero-order valence-electron chi connectivity index (χ0n) is 7.53. The second-order valence-electron chi connectivity index (χ2n) is 2.52. The molecule has 0 fully saturated rings. The molecule has 1 heterocycles. The van der Waals surface area contributed by atoms with Crippen molar-refractivity contribution in [2.24, 2.45) is 0 Å². The Morgan fingerprint density at radius 3 is 3.14 bits per heavy atom. The van der Waals surface area contributed by atoms with E-state index in [4.69, 9.17) is 5.26 Å². The van der Waals surface area contributed by atoms with Gasteiger partial charge in [0.2, 0.25) is 0 Å². The molecule has 1 aromatic heterocycles. The minimum absolute atomic E-state index is 0.233. The maximum Gasteiger partial charge on any atom is 0.270 e. The Labute approximate surface area is 81.9 Å². The highest BCUT2D eigenvalue weighted by molar-refractivity contribution is 5.92. The quantitative estimate of drug-likeness (QED) is 0.714. The van der Waals surface area contributed by atoms with Crippen molar-refractivity contribution in [3.8, 4) is 6.07 Å². The normalized spacial score (nSPS) is 8.79. The molecule has 1 N–H and O–H groups in total. The van der Waals surface area contributed by atoms with E-state index in [0.717, 1.165) is 0 Å². The van der Waals surface area contributed by atoms with E-state index in [-0.39, 0.29) is 17.3 Å². The van der Waals surface area contributed by atoms with Gasteiger partial charge in [-0.05, 0) is 12.1 Å². The van der Waals surface area contributed by atoms with Gasteiger partial charge in [0.25, 0.3) is 5.91 Å². The van der Waals surface area contributed by atoms with Crippen LogP contribution in [0.1, 0.15) is 16.2 Å². The number of hydrogen-bond acceptors (Lipinski definition) is 3. The van der Waals surface area contributed by atoms with Crippen LogP contribution < -0.4 is 5.32 Å². The van der Waals surface area contributed by atoms with E-state index in [1.54, 1.807) is 24.3 Å². The molecule has 0 aromatic carbocycles. The number of hydrogen-bond donors (Lipinski definition) is 1. The summed E-state index contributed by atoms with van der Waals surface area (Å²) in [6, 6.07) is 6.59. The van der Waals surface area contributed by atoms with Crippen molar-refractivity contribution < 1.29 is 4.79 Å². The predicted molar refractivity (Wildman–Crippen MR) is 51.5 cm³/mol. The molecular formula is C10H9N3O. The fraction of sp³-hybridized carbons (Fsp3) is 0.100. The number of carbonyl (C=O) groups is 1. The van der Waals surface area contributed by atoms with Crippen LogP contribution >= 0.6 is 0 Å². The summed E-state index contributed by atoms with van der Waals surface area (Å²) in [6.07, 6.45) is 1.58. The lowest BCUT2D eigenvalue weighted by Crippen LogP contribution is -2.24. The molecule has 0 saturated carbocycles. The summed E-state index contributed by atoms with van der Waals surface area (Å²) in [5, 5.41) is 11.1. The van der Waals surface area contributed by atoms with Crippen LogP contribution in [0.25, 0.3) is 0 Å². The van der Waals surface area contributed by atoms with Crippen molar-refractivity contribution in [3.05, 3.63) is 42.2 Å². The first-order chi connectivity index (χ1) is 6.77. The Kier molecular flexibility index (Phi) is 3.39. The van der Waals surface area contributed by atoms with Gasteiger partial charge in [0.15, 0.2) is 0 Å². The molecular weight excluding hydrogens is 178 g/mol. The molecule has 1 aromatic rings. The van der Waals surface area contributed by atoms with Gasteiger partial charge >= 0.3 is 0 Å². The summed E-state index contributed by atoms with van der Waals surface area (Å²) < 4.78 is 0. The molecule has 0 aliphatic carbocycles. The topological polar surface area (TPSA) is 65.8 Å². The highest BCUT2D eigenvalue weighted by Crippen LogP contribution is 1.97. The third-order valence-corrected chi connectivity index (χ3v) is 1.50. The smallest absolute Gasteiger partial charge is 0.270 e. The summed E-state index contributed by atoms with van der Waals surface area (Å²) in [7, 11) is 0. The van der Waals surface area contributed by atoms with Gasteiger partial charge in [0, 0.05) is 6.54 Å². The number of nitrogens with one attached hydrogen (secondary N) is 1. The minimum atomic E-state index is -0.304. The predicted octanol–water partition coefficient (Wildman–Crippen LogP) is 0.869. The van der Waals surface area contributed by atoms with Gasteiger partial charge in [0.1, 0.15) is 17.5 Å². The summed E-state index contributed by atoms with van der Waals surface area (Å²) in [6.45, 7) is 3.86. The molecule has 1 rings (SSSR count). The number of carbonyl (C=O) groups excluding carboxylic acids is 1. The fourth-order valence-electron chi connectivity index (χ4n) is 0.879. The van der Waals surface area contributed by atoms with Crippen molar-refractivity contribution in [1.82, 2.24) is 10.3 Å². The van der Waals surface area contributed by atoms with Gasteiger partial charge in [-0.15, -0.1) is 6.58 Å². The van der Waals surface area contributed by atoms with Crippen LogP contribution in [0.2, 0.25) is 0 Å². The van der Waals surface area contributed by atoms with E-state index in [1.807, 2.05) is 6.07 Å². The van der Waals surface area contributed by atoms with Gasteiger partial charge in [-0.2, -0.15) is 5.26 Å². The number of pyridine rings is 1. The van der Waals surface area contributed by atoms with Gasteiger partial charge in [-0.1, -0.05) is 12.1 Å². The first kappa shape index (κ1) is 9.93. The first-order valence-corrected chi connectivity index (χ1v) is 4.04. The number of aromatic nitrogens is 1. The second kappa shape index (κ2) is 4.77. The lowest BCUT2D eigenvalue weighted by Gasteiger charge is -2.00. The molecule has 0 bridgehead atoms.